The van der Waals surface area contributed by atoms with E-state index in [0.29, 0.717) is 26.3 Å². The van der Waals surface area contributed by atoms with Crippen molar-refractivity contribution in [1.82, 2.24) is 19.8 Å². The van der Waals surface area contributed by atoms with Crippen LogP contribution in [0.3, 0.4) is 0 Å². The standard InChI is InChI=1S/C13H24N4O4S/c1-20-7-6-17-9-12(8-15-17)22(18,19)16-10-13(11-21-2)4-3-5-14-13/h8-9,14,16H,3-7,10-11H2,1-2H3. The van der Waals surface area contributed by atoms with Gasteiger partial charge >= 0.3 is 0 Å². The van der Waals surface area contributed by atoms with Gasteiger partial charge in [0.2, 0.25) is 10.0 Å². The van der Waals surface area contributed by atoms with E-state index in [0.717, 1.165) is 19.4 Å². The van der Waals surface area contributed by atoms with Crippen molar-refractivity contribution in [2.45, 2.75) is 29.8 Å². The molecule has 0 radical (unpaired) electrons. The zero-order valence-corrected chi connectivity index (χ0v) is 13.9. The van der Waals surface area contributed by atoms with Crippen LogP contribution in [-0.4, -0.2) is 64.3 Å². The van der Waals surface area contributed by atoms with Crippen LogP contribution < -0.4 is 10.0 Å². The molecule has 0 spiro atoms. The molecule has 0 bridgehead atoms. The van der Waals surface area contributed by atoms with Crippen molar-refractivity contribution in [3.8, 4) is 0 Å². The number of rotatable bonds is 9. The topological polar surface area (TPSA) is 94.5 Å². The number of aromatic nitrogens is 2. The predicted octanol–water partition coefficient (Wildman–Crippen LogP) is -0.424. The number of nitrogens with one attached hydrogen (secondary N) is 2. The Morgan fingerprint density at radius 3 is 2.91 bits per heavy atom. The van der Waals surface area contributed by atoms with Gasteiger partial charge in [-0.05, 0) is 19.4 Å². The molecule has 1 atom stereocenters. The third kappa shape index (κ3) is 4.26. The first kappa shape index (κ1) is 17.4. The summed E-state index contributed by atoms with van der Waals surface area (Å²) in [7, 11) is -0.367. The Balaban J connectivity index is 1.99. The molecule has 22 heavy (non-hydrogen) atoms. The van der Waals surface area contributed by atoms with E-state index in [4.69, 9.17) is 9.47 Å². The van der Waals surface area contributed by atoms with Gasteiger partial charge < -0.3 is 14.8 Å². The summed E-state index contributed by atoms with van der Waals surface area (Å²) >= 11 is 0. The maximum absolute atomic E-state index is 12.4. The molecule has 1 aliphatic heterocycles. The summed E-state index contributed by atoms with van der Waals surface area (Å²) in [4.78, 5) is 0.161. The number of methoxy groups -OCH3 is 2. The van der Waals surface area contributed by atoms with Crippen LogP contribution in [0.1, 0.15) is 12.8 Å². The normalized spacial score (nSPS) is 22.3. The maximum Gasteiger partial charge on any atom is 0.243 e. The molecule has 1 aromatic rings. The highest BCUT2D eigenvalue weighted by Gasteiger charge is 2.35. The summed E-state index contributed by atoms with van der Waals surface area (Å²) in [5.74, 6) is 0. The van der Waals surface area contributed by atoms with Crippen molar-refractivity contribution >= 4 is 10.0 Å². The second kappa shape index (κ2) is 7.51. The molecule has 1 fully saturated rings. The Hall–Kier alpha value is -1.00. The molecule has 1 aliphatic rings. The average molecular weight is 332 g/mol. The maximum atomic E-state index is 12.4. The van der Waals surface area contributed by atoms with E-state index >= 15 is 0 Å². The molecule has 0 amide bonds. The van der Waals surface area contributed by atoms with Gasteiger partial charge in [0.15, 0.2) is 0 Å². The quantitative estimate of drug-likeness (QED) is 0.638. The molecule has 0 aliphatic carbocycles. The zero-order chi connectivity index (χ0) is 16.1. The highest BCUT2D eigenvalue weighted by atomic mass is 32.2. The second-order valence-corrected chi connectivity index (χ2v) is 7.27. The number of ether oxygens (including phenoxy) is 2. The highest BCUT2D eigenvalue weighted by Crippen LogP contribution is 2.19. The molecule has 2 heterocycles. The Morgan fingerprint density at radius 2 is 2.27 bits per heavy atom. The van der Waals surface area contributed by atoms with E-state index in [9.17, 15) is 8.42 Å². The molecule has 126 valence electrons. The molecule has 1 unspecified atom stereocenters. The summed E-state index contributed by atoms with van der Waals surface area (Å²) in [6.45, 7) is 2.64. The van der Waals surface area contributed by atoms with E-state index < -0.39 is 10.0 Å². The van der Waals surface area contributed by atoms with Crippen molar-refractivity contribution < 1.29 is 17.9 Å². The zero-order valence-electron chi connectivity index (χ0n) is 13.0. The van der Waals surface area contributed by atoms with Gasteiger partial charge in [-0.3, -0.25) is 4.68 Å². The first-order valence-electron chi connectivity index (χ1n) is 7.26. The minimum absolute atomic E-state index is 0.161. The number of sulfonamides is 1. The molecule has 2 rings (SSSR count). The lowest BCUT2D eigenvalue weighted by molar-refractivity contribution is 0.122. The van der Waals surface area contributed by atoms with E-state index in [1.54, 1.807) is 18.9 Å². The van der Waals surface area contributed by atoms with Gasteiger partial charge in [-0.2, -0.15) is 5.10 Å². The summed E-state index contributed by atoms with van der Waals surface area (Å²) in [5, 5.41) is 7.37. The largest absolute Gasteiger partial charge is 0.383 e. The SMILES string of the molecule is COCCn1cc(S(=O)(=O)NCC2(COC)CCCN2)cn1. The summed E-state index contributed by atoms with van der Waals surface area (Å²) in [6, 6.07) is 0. The van der Waals surface area contributed by atoms with Crippen molar-refractivity contribution in [1.29, 1.82) is 0 Å². The summed E-state index contributed by atoms with van der Waals surface area (Å²) in [5.41, 5.74) is -0.326. The minimum atomic E-state index is -3.58. The van der Waals surface area contributed by atoms with Crippen LogP contribution in [0.25, 0.3) is 0 Å². The van der Waals surface area contributed by atoms with Crippen molar-refractivity contribution in [2.75, 3.05) is 40.5 Å². The lowest BCUT2D eigenvalue weighted by atomic mass is 9.99. The van der Waals surface area contributed by atoms with Crippen LogP contribution in [-0.2, 0) is 26.0 Å². The smallest absolute Gasteiger partial charge is 0.243 e. The highest BCUT2D eigenvalue weighted by molar-refractivity contribution is 7.89. The van der Waals surface area contributed by atoms with Crippen LogP contribution in [0.4, 0.5) is 0 Å². The van der Waals surface area contributed by atoms with Crippen molar-refractivity contribution in [3.05, 3.63) is 12.4 Å². The van der Waals surface area contributed by atoms with Gasteiger partial charge in [-0.1, -0.05) is 0 Å². The van der Waals surface area contributed by atoms with Crippen LogP contribution in [0.5, 0.6) is 0 Å². The van der Waals surface area contributed by atoms with E-state index in [1.165, 1.54) is 12.4 Å². The van der Waals surface area contributed by atoms with Crippen molar-refractivity contribution in [2.24, 2.45) is 0 Å². The van der Waals surface area contributed by atoms with E-state index in [1.807, 2.05) is 0 Å². The monoisotopic (exact) mass is 332 g/mol. The lowest BCUT2D eigenvalue weighted by Crippen LogP contribution is -2.52. The van der Waals surface area contributed by atoms with Gasteiger partial charge in [0, 0.05) is 27.0 Å². The van der Waals surface area contributed by atoms with E-state index in [-0.39, 0.29) is 10.4 Å². The fourth-order valence-electron chi connectivity index (χ4n) is 2.58. The summed E-state index contributed by atoms with van der Waals surface area (Å²) < 4.78 is 39.1. The fourth-order valence-corrected chi connectivity index (χ4v) is 3.66. The number of hydrogen-bond acceptors (Lipinski definition) is 6. The predicted molar refractivity (Wildman–Crippen MR) is 81.1 cm³/mol. The molecule has 9 heteroatoms. The fraction of sp³-hybridized carbons (Fsp3) is 0.769. The Labute approximate surface area is 131 Å². The third-order valence-corrected chi connectivity index (χ3v) is 5.15. The molecule has 1 saturated heterocycles. The Bertz CT molecular complexity index is 566. The molecule has 0 aromatic carbocycles. The van der Waals surface area contributed by atoms with Gasteiger partial charge in [-0.15, -0.1) is 0 Å². The van der Waals surface area contributed by atoms with E-state index in [2.05, 4.69) is 15.1 Å². The van der Waals surface area contributed by atoms with Gasteiger partial charge in [0.25, 0.3) is 0 Å². The number of hydrogen-bond donors (Lipinski definition) is 2. The molecule has 8 nitrogen and oxygen atoms in total. The third-order valence-electron chi connectivity index (χ3n) is 3.80. The first-order valence-corrected chi connectivity index (χ1v) is 8.75. The van der Waals surface area contributed by atoms with Gasteiger partial charge in [0.1, 0.15) is 4.90 Å². The average Bonchev–Trinajstić information content (AvgIpc) is 3.14. The minimum Gasteiger partial charge on any atom is -0.383 e. The van der Waals surface area contributed by atoms with Crippen LogP contribution in [0, 0.1) is 0 Å². The second-order valence-electron chi connectivity index (χ2n) is 5.50. The van der Waals surface area contributed by atoms with Crippen LogP contribution in [0.2, 0.25) is 0 Å². The lowest BCUT2D eigenvalue weighted by Gasteiger charge is -2.28. The molecule has 0 saturated carbocycles. The van der Waals surface area contributed by atoms with Crippen LogP contribution >= 0.6 is 0 Å². The molecular weight excluding hydrogens is 308 g/mol. The van der Waals surface area contributed by atoms with Crippen LogP contribution in [0.15, 0.2) is 17.3 Å². The molecule has 2 N–H and O–H groups in total. The number of nitrogens with zero attached hydrogens (tertiary/aromatic N) is 2. The summed E-state index contributed by atoms with van der Waals surface area (Å²) in [6.07, 6.45) is 4.76. The Morgan fingerprint density at radius 1 is 1.45 bits per heavy atom. The first-order chi connectivity index (χ1) is 10.5. The van der Waals surface area contributed by atoms with Gasteiger partial charge in [0.05, 0.1) is 31.5 Å². The molecular formula is C13H24N4O4S. The molecule has 1 aromatic heterocycles. The Kier molecular flexibility index (Phi) is 5.93. The van der Waals surface area contributed by atoms with Gasteiger partial charge in [-0.25, -0.2) is 13.1 Å². The van der Waals surface area contributed by atoms with Crippen molar-refractivity contribution in [3.63, 3.8) is 0 Å².